The second-order valence-electron chi connectivity index (χ2n) is 6.66. The summed E-state index contributed by atoms with van der Waals surface area (Å²) in [6, 6.07) is 10.6. The number of benzene rings is 1. The van der Waals surface area contributed by atoms with E-state index in [-0.39, 0.29) is 36.8 Å². The van der Waals surface area contributed by atoms with Crippen LogP contribution in [0.3, 0.4) is 0 Å². The molecule has 1 aliphatic heterocycles. The van der Waals surface area contributed by atoms with Crippen LogP contribution < -0.4 is 10.6 Å². The van der Waals surface area contributed by atoms with Crippen LogP contribution >= 0.6 is 36.2 Å². The molecule has 0 unspecified atom stereocenters. The van der Waals surface area contributed by atoms with E-state index in [4.69, 9.17) is 10.5 Å². The number of methoxy groups -OCH3 is 1. The highest BCUT2D eigenvalue weighted by Crippen LogP contribution is 2.28. The summed E-state index contributed by atoms with van der Waals surface area (Å²) in [7, 11) is 1.63. The lowest BCUT2D eigenvalue weighted by Gasteiger charge is -2.17. The van der Waals surface area contributed by atoms with Crippen molar-refractivity contribution >= 4 is 47.2 Å². The summed E-state index contributed by atoms with van der Waals surface area (Å²) in [6.07, 6.45) is 0. The Labute approximate surface area is 182 Å². The first kappa shape index (κ1) is 24.8. The van der Waals surface area contributed by atoms with Gasteiger partial charge in [0, 0.05) is 51.0 Å². The highest BCUT2D eigenvalue weighted by Gasteiger charge is 2.31. The van der Waals surface area contributed by atoms with Crippen molar-refractivity contribution in [2.75, 3.05) is 38.3 Å². The predicted octanol–water partition coefficient (Wildman–Crippen LogP) is 2.91. The van der Waals surface area contributed by atoms with Crippen molar-refractivity contribution in [1.29, 1.82) is 0 Å². The number of thiazole rings is 1. The number of nitrogens with zero attached hydrogens (tertiary/aromatic N) is 3. The quantitative estimate of drug-likeness (QED) is 0.707. The number of carbonyl (C=O) groups is 1. The molecule has 1 aliphatic rings. The molecule has 0 bridgehead atoms. The summed E-state index contributed by atoms with van der Waals surface area (Å²) in [4.78, 5) is 20.5. The van der Waals surface area contributed by atoms with Crippen LogP contribution in [-0.2, 0) is 16.1 Å². The summed E-state index contributed by atoms with van der Waals surface area (Å²) < 4.78 is 5.08. The number of aromatic nitrogens is 1. The fourth-order valence-electron chi connectivity index (χ4n) is 3.39. The second kappa shape index (κ2) is 11.7. The van der Waals surface area contributed by atoms with Crippen molar-refractivity contribution in [2.45, 2.75) is 25.4 Å². The maximum absolute atomic E-state index is 11.9. The van der Waals surface area contributed by atoms with Gasteiger partial charge in [0.25, 0.3) is 0 Å². The number of amides is 1. The summed E-state index contributed by atoms with van der Waals surface area (Å²) in [5.41, 5.74) is 8.65. The number of carbonyl (C=O) groups excluding carboxylic acids is 1. The number of halogens is 2. The van der Waals surface area contributed by atoms with Crippen LogP contribution in [0.25, 0.3) is 0 Å². The molecule has 1 aromatic heterocycles. The Bertz CT molecular complexity index is 732. The Morgan fingerprint density at radius 2 is 2.04 bits per heavy atom. The molecule has 28 heavy (non-hydrogen) atoms. The van der Waals surface area contributed by atoms with E-state index in [0.717, 1.165) is 30.5 Å². The maximum atomic E-state index is 11.9. The molecule has 6 nitrogen and oxygen atoms in total. The third kappa shape index (κ3) is 6.14. The first-order valence-electron chi connectivity index (χ1n) is 8.82. The fraction of sp³-hybridized carbons (Fsp3) is 0.474. The van der Waals surface area contributed by atoms with Gasteiger partial charge in [-0.15, -0.1) is 36.2 Å². The molecule has 1 saturated heterocycles. The van der Waals surface area contributed by atoms with E-state index in [1.54, 1.807) is 18.9 Å². The number of nitrogens with two attached hydrogens (primary N) is 1. The van der Waals surface area contributed by atoms with Gasteiger partial charge < -0.3 is 10.5 Å². The number of anilines is 1. The van der Waals surface area contributed by atoms with Gasteiger partial charge in [-0.2, -0.15) is 0 Å². The van der Waals surface area contributed by atoms with E-state index in [1.165, 1.54) is 16.9 Å². The topological polar surface area (TPSA) is 71.7 Å². The number of hydrogen-bond acceptors (Lipinski definition) is 6. The minimum atomic E-state index is -0.0183. The predicted molar refractivity (Wildman–Crippen MR) is 119 cm³/mol. The van der Waals surface area contributed by atoms with Crippen molar-refractivity contribution in [1.82, 2.24) is 9.88 Å². The molecule has 1 aromatic carbocycles. The van der Waals surface area contributed by atoms with E-state index in [1.807, 2.05) is 11.4 Å². The zero-order valence-corrected chi connectivity index (χ0v) is 18.6. The van der Waals surface area contributed by atoms with Crippen LogP contribution in [0.15, 0.2) is 35.7 Å². The van der Waals surface area contributed by atoms with Gasteiger partial charge in [0.1, 0.15) is 0 Å². The van der Waals surface area contributed by atoms with E-state index in [0.29, 0.717) is 19.1 Å². The largest absolute Gasteiger partial charge is 0.383 e. The van der Waals surface area contributed by atoms with Gasteiger partial charge >= 0.3 is 0 Å². The van der Waals surface area contributed by atoms with Crippen molar-refractivity contribution in [3.8, 4) is 0 Å². The summed E-state index contributed by atoms with van der Waals surface area (Å²) in [6.45, 7) is 5.10. The first-order chi connectivity index (χ1) is 12.6. The molecular formula is C19H28Cl2N4O2S. The molecule has 1 fully saturated rings. The minimum absolute atomic E-state index is 0. The Kier molecular flexibility index (Phi) is 10.4. The van der Waals surface area contributed by atoms with Crippen molar-refractivity contribution in [3.05, 3.63) is 47.0 Å². The number of hydrogen-bond donors (Lipinski definition) is 1. The van der Waals surface area contributed by atoms with Gasteiger partial charge in [-0.1, -0.05) is 30.3 Å². The molecule has 0 spiro atoms. The zero-order chi connectivity index (χ0) is 18.5. The Balaban J connectivity index is 0.00000196. The summed E-state index contributed by atoms with van der Waals surface area (Å²) >= 11 is 1.50. The molecule has 9 heteroatoms. The Hall–Kier alpha value is -1.22. The highest BCUT2D eigenvalue weighted by atomic mass is 35.5. The average Bonchev–Trinajstić information content (AvgIpc) is 3.23. The number of rotatable bonds is 7. The molecule has 3 rings (SSSR count). The van der Waals surface area contributed by atoms with Gasteiger partial charge in [0.05, 0.1) is 18.8 Å². The molecule has 2 N–H and O–H groups in total. The normalized spacial score (nSPS) is 19.0. The van der Waals surface area contributed by atoms with Crippen LogP contribution in [0.2, 0.25) is 0 Å². The van der Waals surface area contributed by atoms with Crippen LogP contribution in [0.5, 0.6) is 0 Å². The van der Waals surface area contributed by atoms with Crippen LogP contribution in [0.1, 0.15) is 24.1 Å². The molecule has 1 amide bonds. The van der Waals surface area contributed by atoms with Crippen LogP contribution in [0, 0.1) is 0 Å². The summed E-state index contributed by atoms with van der Waals surface area (Å²) in [5, 5.41) is 2.76. The van der Waals surface area contributed by atoms with E-state index in [9.17, 15) is 4.79 Å². The first-order valence-corrected chi connectivity index (χ1v) is 9.70. The molecule has 2 heterocycles. The lowest BCUT2D eigenvalue weighted by Crippen LogP contribution is -2.31. The van der Waals surface area contributed by atoms with Crippen molar-refractivity contribution in [2.24, 2.45) is 5.73 Å². The standard InChI is InChI=1S/C19H26N4O2S.2ClH/c1-14(24)23(8-9-25-2)19-21-16(13-26-19)10-22-11-17(18(20)12-22)15-6-4-3-5-7-15;;/h3-7,13,17-18H,8-12,20H2,1-2H3;2*1H/t17-,18+;;/m0../s1. The smallest absolute Gasteiger partial charge is 0.225 e. The highest BCUT2D eigenvalue weighted by molar-refractivity contribution is 7.14. The maximum Gasteiger partial charge on any atom is 0.225 e. The molecule has 156 valence electrons. The van der Waals surface area contributed by atoms with Gasteiger partial charge in [-0.25, -0.2) is 4.98 Å². The Morgan fingerprint density at radius 3 is 2.68 bits per heavy atom. The van der Waals surface area contributed by atoms with Gasteiger partial charge in [-0.05, 0) is 5.56 Å². The molecular weight excluding hydrogens is 419 g/mol. The minimum Gasteiger partial charge on any atom is -0.383 e. The van der Waals surface area contributed by atoms with Crippen molar-refractivity contribution < 1.29 is 9.53 Å². The number of ether oxygens (including phenoxy) is 1. The molecule has 0 radical (unpaired) electrons. The van der Waals surface area contributed by atoms with Gasteiger partial charge in [0.2, 0.25) is 5.91 Å². The fourth-order valence-corrected chi connectivity index (χ4v) is 4.27. The second-order valence-corrected chi connectivity index (χ2v) is 7.50. The lowest BCUT2D eigenvalue weighted by atomic mass is 9.95. The SMILES string of the molecule is COCCN(C(C)=O)c1nc(CN2C[C@@H](N)[C@H](c3ccccc3)C2)cs1.Cl.Cl. The van der Waals surface area contributed by atoms with E-state index in [2.05, 4.69) is 34.1 Å². The van der Waals surface area contributed by atoms with Crippen LogP contribution in [-0.4, -0.2) is 55.2 Å². The van der Waals surface area contributed by atoms with E-state index < -0.39 is 0 Å². The average molecular weight is 447 g/mol. The van der Waals surface area contributed by atoms with Gasteiger partial charge in [-0.3, -0.25) is 14.6 Å². The van der Waals surface area contributed by atoms with E-state index >= 15 is 0 Å². The molecule has 2 aromatic rings. The third-order valence-electron chi connectivity index (χ3n) is 4.72. The zero-order valence-electron chi connectivity index (χ0n) is 16.1. The molecule has 2 atom stereocenters. The summed E-state index contributed by atoms with van der Waals surface area (Å²) in [5.74, 6) is 0.333. The number of likely N-dealkylation sites (tertiary alicyclic amines) is 1. The van der Waals surface area contributed by atoms with Crippen LogP contribution in [0.4, 0.5) is 5.13 Å². The lowest BCUT2D eigenvalue weighted by molar-refractivity contribution is -0.116. The monoisotopic (exact) mass is 446 g/mol. The Morgan fingerprint density at radius 1 is 1.32 bits per heavy atom. The van der Waals surface area contributed by atoms with Gasteiger partial charge in [0.15, 0.2) is 5.13 Å². The molecule has 0 saturated carbocycles. The van der Waals surface area contributed by atoms with Crippen molar-refractivity contribution in [3.63, 3.8) is 0 Å². The third-order valence-corrected chi connectivity index (χ3v) is 5.64. The molecule has 0 aliphatic carbocycles.